The third-order valence-electron chi connectivity index (χ3n) is 5.65. The summed E-state index contributed by atoms with van der Waals surface area (Å²) in [5.41, 5.74) is 4.53. The number of sulfonamides is 1. The number of nitrogens with zero attached hydrogens (tertiary/aromatic N) is 2. The van der Waals surface area contributed by atoms with Crippen molar-refractivity contribution < 1.29 is 8.42 Å². The molecule has 0 bridgehead atoms. The number of rotatable bonds is 8. The quantitative estimate of drug-likeness (QED) is 0.370. The second kappa shape index (κ2) is 10.3. The van der Waals surface area contributed by atoms with Crippen LogP contribution in [0.4, 0.5) is 17.2 Å². The number of anilines is 3. The van der Waals surface area contributed by atoms with Crippen LogP contribution in [-0.4, -0.2) is 13.4 Å². The van der Waals surface area contributed by atoms with Gasteiger partial charge in [0.1, 0.15) is 5.82 Å². The first-order valence-corrected chi connectivity index (χ1v) is 12.9. The average molecular weight is 477 g/mol. The molecule has 3 aromatic rings. The van der Waals surface area contributed by atoms with E-state index in [0.717, 1.165) is 22.4 Å². The Labute approximate surface area is 203 Å². The minimum atomic E-state index is -3.85. The van der Waals surface area contributed by atoms with E-state index in [0.29, 0.717) is 27.9 Å². The zero-order valence-electron chi connectivity index (χ0n) is 20.5. The molecule has 6 nitrogen and oxygen atoms in total. The standard InChI is InChI=1S/C27H32N4O2S/c1-17(2)21-13-24(18(3)4)27(25(14-21)19(5)6)34(32,33)31-23-11-12-29-26(15-23)30-22-9-7-20(16-28)8-10-22/h7-15,17-19H,1-6H3,(H2,29,30,31). The second-order valence-corrected chi connectivity index (χ2v) is 11.0. The van der Waals surface area contributed by atoms with Crippen molar-refractivity contribution in [3.63, 3.8) is 0 Å². The van der Waals surface area contributed by atoms with Crippen molar-refractivity contribution in [1.29, 1.82) is 5.26 Å². The molecule has 0 fully saturated rings. The fourth-order valence-electron chi connectivity index (χ4n) is 3.74. The Morgan fingerprint density at radius 1 is 0.824 bits per heavy atom. The van der Waals surface area contributed by atoms with Crippen molar-refractivity contribution in [2.75, 3.05) is 10.0 Å². The Balaban J connectivity index is 1.99. The van der Waals surface area contributed by atoms with Crippen molar-refractivity contribution in [3.05, 3.63) is 77.0 Å². The molecule has 0 spiro atoms. The highest BCUT2D eigenvalue weighted by Crippen LogP contribution is 2.36. The molecule has 0 radical (unpaired) electrons. The first kappa shape index (κ1) is 25.3. The highest BCUT2D eigenvalue weighted by molar-refractivity contribution is 7.92. The molecule has 2 N–H and O–H groups in total. The summed E-state index contributed by atoms with van der Waals surface area (Å²) in [6.45, 7) is 12.3. The van der Waals surface area contributed by atoms with E-state index in [2.05, 4.69) is 34.9 Å². The van der Waals surface area contributed by atoms with Gasteiger partial charge < -0.3 is 5.32 Å². The Bertz CT molecular complexity index is 1280. The van der Waals surface area contributed by atoms with Crippen molar-refractivity contribution in [2.24, 2.45) is 0 Å². The van der Waals surface area contributed by atoms with Gasteiger partial charge in [-0.3, -0.25) is 4.72 Å². The SMILES string of the molecule is CC(C)c1cc(C(C)C)c(S(=O)(=O)Nc2ccnc(Nc3ccc(C#N)cc3)c2)c(C(C)C)c1. The highest BCUT2D eigenvalue weighted by atomic mass is 32.2. The van der Waals surface area contributed by atoms with Crippen molar-refractivity contribution in [2.45, 2.75) is 64.2 Å². The Morgan fingerprint density at radius 3 is 1.91 bits per heavy atom. The lowest BCUT2D eigenvalue weighted by Crippen LogP contribution is -2.19. The number of nitrogens with one attached hydrogen (secondary N) is 2. The summed E-state index contributed by atoms with van der Waals surface area (Å²) in [7, 11) is -3.85. The Kier molecular flexibility index (Phi) is 7.63. The minimum absolute atomic E-state index is 0.0498. The van der Waals surface area contributed by atoms with Crippen LogP contribution >= 0.6 is 0 Å². The molecule has 0 aliphatic carbocycles. The molecule has 1 aromatic heterocycles. The summed E-state index contributed by atoms with van der Waals surface area (Å²) >= 11 is 0. The number of hydrogen-bond acceptors (Lipinski definition) is 5. The topological polar surface area (TPSA) is 94.9 Å². The van der Waals surface area contributed by atoms with Crippen molar-refractivity contribution >= 4 is 27.2 Å². The van der Waals surface area contributed by atoms with E-state index in [1.54, 1.807) is 42.6 Å². The fraction of sp³-hybridized carbons (Fsp3) is 0.333. The molecule has 0 unspecified atom stereocenters. The van der Waals surface area contributed by atoms with Gasteiger partial charge in [0.05, 0.1) is 22.2 Å². The van der Waals surface area contributed by atoms with Gasteiger partial charge in [-0.2, -0.15) is 5.26 Å². The van der Waals surface area contributed by atoms with Gasteiger partial charge in [-0.05, 0) is 64.8 Å². The summed E-state index contributed by atoms with van der Waals surface area (Å²) in [6.07, 6.45) is 1.55. The van der Waals surface area contributed by atoms with Crippen LogP contribution in [0.3, 0.4) is 0 Å². The van der Waals surface area contributed by atoms with Crippen LogP contribution < -0.4 is 10.0 Å². The van der Waals surface area contributed by atoms with Gasteiger partial charge in [0.15, 0.2) is 0 Å². The lowest BCUT2D eigenvalue weighted by molar-refractivity contribution is 0.595. The van der Waals surface area contributed by atoms with E-state index in [4.69, 9.17) is 5.26 Å². The third-order valence-corrected chi connectivity index (χ3v) is 7.16. The van der Waals surface area contributed by atoms with Crippen molar-refractivity contribution in [1.82, 2.24) is 4.98 Å². The van der Waals surface area contributed by atoms with Gasteiger partial charge in [-0.25, -0.2) is 13.4 Å². The predicted octanol–water partition coefficient (Wildman–Crippen LogP) is 6.87. The summed E-state index contributed by atoms with van der Waals surface area (Å²) in [6, 6.07) is 16.4. The number of nitriles is 1. The average Bonchev–Trinajstić information content (AvgIpc) is 2.78. The Hall–Kier alpha value is -3.37. The predicted molar refractivity (Wildman–Crippen MR) is 138 cm³/mol. The maximum atomic E-state index is 13.7. The molecule has 34 heavy (non-hydrogen) atoms. The minimum Gasteiger partial charge on any atom is -0.340 e. The van der Waals surface area contributed by atoms with Crippen LogP contribution in [0.15, 0.2) is 59.6 Å². The van der Waals surface area contributed by atoms with Gasteiger partial charge >= 0.3 is 0 Å². The molecule has 178 valence electrons. The zero-order valence-corrected chi connectivity index (χ0v) is 21.4. The van der Waals surface area contributed by atoms with Crippen LogP contribution in [0, 0.1) is 11.3 Å². The van der Waals surface area contributed by atoms with Crippen LogP contribution in [0.5, 0.6) is 0 Å². The van der Waals surface area contributed by atoms with E-state index in [1.165, 1.54) is 0 Å². The highest BCUT2D eigenvalue weighted by Gasteiger charge is 2.27. The summed E-state index contributed by atoms with van der Waals surface area (Å²) in [4.78, 5) is 4.65. The summed E-state index contributed by atoms with van der Waals surface area (Å²) in [5.74, 6) is 0.895. The third kappa shape index (κ3) is 5.75. The molecule has 0 aliphatic heterocycles. The number of benzene rings is 2. The molecule has 0 saturated heterocycles. The van der Waals surface area contributed by atoms with Gasteiger partial charge in [-0.15, -0.1) is 0 Å². The fourth-order valence-corrected chi connectivity index (χ4v) is 5.49. The Morgan fingerprint density at radius 2 is 1.41 bits per heavy atom. The molecular formula is C27H32N4O2S. The van der Waals surface area contributed by atoms with Crippen LogP contribution in [0.25, 0.3) is 0 Å². The van der Waals surface area contributed by atoms with Gasteiger partial charge in [0, 0.05) is 18.0 Å². The lowest BCUT2D eigenvalue weighted by Gasteiger charge is -2.23. The van der Waals surface area contributed by atoms with E-state index in [9.17, 15) is 8.42 Å². The molecule has 1 heterocycles. The van der Waals surface area contributed by atoms with Gasteiger partial charge in [0.25, 0.3) is 10.0 Å². The van der Waals surface area contributed by atoms with Gasteiger partial charge in [0.2, 0.25) is 0 Å². The van der Waals surface area contributed by atoms with E-state index in [1.807, 2.05) is 39.8 Å². The largest absolute Gasteiger partial charge is 0.340 e. The molecule has 0 saturated carbocycles. The van der Waals surface area contributed by atoms with Gasteiger partial charge in [-0.1, -0.05) is 53.7 Å². The molecular weight excluding hydrogens is 444 g/mol. The summed E-state index contributed by atoms with van der Waals surface area (Å²) in [5, 5.41) is 12.1. The first-order valence-electron chi connectivity index (χ1n) is 11.5. The van der Waals surface area contributed by atoms with Crippen molar-refractivity contribution in [3.8, 4) is 6.07 Å². The molecule has 0 amide bonds. The van der Waals surface area contributed by atoms with Crippen LogP contribution in [0.1, 0.15) is 81.5 Å². The second-order valence-electron chi connectivity index (χ2n) is 9.34. The summed E-state index contributed by atoms with van der Waals surface area (Å²) < 4.78 is 30.1. The van der Waals surface area contributed by atoms with Crippen LogP contribution in [0.2, 0.25) is 0 Å². The number of pyridine rings is 1. The number of hydrogen-bond donors (Lipinski definition) is 2. The smallest absolute Gasteiger partial charge is 0.262 e. The van der Waals surface area contributed by atoms with E-state index >= 15 is 0 Å². The van der Waals surface area contributed by atoms with E-state index < -0.39 is 10.0 Å². The maximum Gasteiger partial charge on any atom is 0.262 e. The molecule has 3 rings (SSSR count). The van der Waals surface area contributed by atoms with E-state index in [-0.39, 0.29) is 11.8 Å². The first-order chi connectivity index (χ1) is 16.0. The monoisotopic (exact) mass is 476 g/mol. The molecule has 0 atom stereocenters. The lowest BCUT2D eigenvalue weighted by atomic mass is 9.89. The maximum absolute atomic E-state index is 13.7. The molecule has 0 aliphatic rings. The normalized spacial score (nSPS) is 11.6. The zero-order chi connectivity index (χ0) is 25.0. The van der Waals surface area contributed by atoms with Crippen LogP contribution in [-0.2, 0) is 10.0 Å². The number of aromatic nitrogens is 1. The molecule has 2 aromatic carbocycles. The molecule has 7 heteroatoms.